The minimum atomic E-state index is -0.759. The van der Waals surface area contributed by atoms with E-state index in [-0.39, 0.29) is 11.2 Å². The van der Waals surface area contributed by atoms with Gasteiger partial charge in [-0.1, -0.05) is 18.2 Å². The molecule has 1 N–H and O–H groups in total. The molecule has 0 aliphatic rings. The van der Waals surface area contributed by atoms with Crippen LogP contribution in [-0.4, -0.2) is 21.4 Å². The predicted octanol–water partition coefficient (Wildman–Crippen LogP) is 3.03. The molecule has 1 atom stereocenters. The van der Waals surface area contributed by atoms with Crippen LogP contribution in [-0.2, 0) is 4.79 Å². The smallest absolute Gasteiger partial charge is 0.281 e. The maximum atomic E-state index is 12.6. The van der Waals surface area contributed by atoms with Gasteiger partial charge in [0.1, 0.15) is 17.1 Å². The SMILES string of the molecule is Cc1ccc(C)c(O[C@H](C)C(=O)Nc2c(C)nc3ccccn3c2=O)c1. The molecule has 2 aromatic heterocycles. The molecule has 26 heavy (non-hydrogen) atoms. The molecule has 0 spiro atoms. The van der Waals surface area contributed by atoms with Crippen LogP contribution < -0.4 is 15.6 Å². The van der Waals surface area contributed by atoms with E-state index in [9.17, 15) is 9.59 Å². The number of carbonyl (C=O) groups is 1. The van der Waals surface area contributed by atoms with Crippen LogP contribution >= 0.6 is 0 Å². The zero-order valence-corrected chi connectivity index (χ0v) is 15.2. The Morgan fingerprint density at radius 2 is 1.96 bits per heavy atom. The van der Waals surface area contributed by atoms with Gasteiger partial charge >= 0.3 is 0 Å². The summed E-state index contributed by atoms with van der Waals surface area (Å²) < 4.78 is 7.19. The number of hydrogen-bond donors (Lipinski definition) is 1. The Morgan fingerprint density at radius 3 is 2.73 bits per heavy atom. The lowest BCUT2D eigenvalue weighted by atomic mass is 10.1. The molecule has 1 aromatic carbocycles. The maximum absolute atomic E-state index is 12.6. The summed E-state index contributed by atoms with van der Waals surface area (Å²) in [6.45, 7) is 7.23. The number of carbonyl (C=O) groups excluding carboxylic acids is 1. The summed E-state index contributed by atoms with van der Waals surface area (Å²) in [5, 5.41) is 2.66. The molecule has 0 saturated heterocycles. The second-order valence-electron chi connectivity index (χ2n) is 6.32. The number of hydrogen-bond acceptors (Lipinski definition) is 4. The van der Waals surface area contributed by atoms with E-state index in [2.05, 4.69) is 10.3 Å². The van der Waals surface area contributed by atoms with Crippen molar-refractivity contribution in [3.8, 4) is 5.75 Å². The van der Waals surface area contributed by atoms with Gasteiger partial charge in [-0.05, 0) is 57.0 Å². The lowest BCUT2D eigenvalue weighted by molar-refractivity contribution is -0.122. The fourth-order valence-electron chi connectivity index (χ4n) is 2.65. The maximum Gasteiger partial charge on any atom is 0.281 e. The van der Waals surface area contributed by atoms with Crippen molar-refractivity contribution < 1.29 is 9.53 Å². The highest BCUT2D eigenvalue weighted by molar-refractivity contribution is 5.94. The van der Waals surface area contributed by atoms with E-state index in [0.29, 0.717) is 17.1 Å². The minimum Gasteiger partial charge on any atom is -0.481 e. The largest absolute Gasteiger partial charge is 0.481 e. The second kappa shape index (κ2) is 7.00. The fourth-order valence-corrected chi connectivity index (χ4v) is 2.65. The van der Waals surface area contributed by atoms with Crippen LogP contribution in [0.5, 0.6) is 5.75 Å². The van der Waals surface area contributed by atoms with Crippen molar-refractivity contribution in [3.63, 3.8) is 0 Å². The van der Waals surface area contributed by atoms with Gasteiger partial charge in [0.05, 0.1) is 5.69 Å². The van der Waals surface area contributed by atoms with Gasteiger partial charge < -0.3 is 10.1 Å². The average Bonchev–Trinajstić information content (AvgIpc) is 2.61. The molecule has 6 heteroatoms. The Morgan fingerprint density at radius 1 is 1.19 bits per heavy atom. The molecule has 0 aliphatic heterocycles. The summed E-state index contributed by atoms with van der Waals surface area (Å²) >= 11 is 0. The van der Waals surface area contributed by atoms with Gasteiger partial charge in [-0.25, -0.2) is 4.98 Å². The molecular formula is C20H21N3O3. The van der Waals surface area contributed by atoms with E-state index < -0.39 is 12.0 Å². The highest BCUT2D eigenvalue weighted by Gasteiger charge is 2.19. The second-order valence-corrected chi connectivity index (χ2v) is 6.32. The molecule has 0 bridgehead atoms. The van der Waals surface area contributed by atoms with Gasteiger partial charge in [-0.3, -0.25) is 14.0 Å². The molecule has 6 nitrogen and oxygen atoms in total. The number of anilines is 1. The highest BCUT2D eigenvalue weighted by Crippen LogP contribution is 2.21. The van der Waals surface area contributed by atoms with Gasteiger partial charge in [0, 0.05) is 6.20 Å². The molecule has 134 valence electrons. The number of amides is 1. The summed E-state index contributed by atoms with van der Waals surface area (Å²) in [4.78, 5) is 29.5. The Balaban J connectivity index is 1.84. The number of rotatable bonds is 4. The number of aryl methyl sites for hydroxylation is 3. The van der Waals surface area contributed by atoms with Gasteiger partial charge in [0.25, 0.3) is 11.5 Å². The van der Waals surface area contributed by atoms with Crippen molar-refractivity contribution in [1.29, 1.82) is 0 Å². The van der Waals surface area contributed by atoms with E-state index in [1.807, 2.05) is 32.0 Å². The molecule has 0 aliphatic carbocycles. The third kappa shape index (κ3) is 3.44. The van der Waals surface area contributed by atoms with Crippen LogP contribution in [0, 0.1) is 20.8 Å². The van der Waals surface area contributed by atoms with Gasteiger partial charge in [0.15, 0.2) is 6.10 Å². The Labute approximate surface area is 151 Å². The van der Waals surface area contributed by atoms with Gasteiger partial charge in [-0.2, -0.15) is 0 Å². The summed E-state index contributed by atoms with van der Waals surface area (Å²) in [7, 11) is 0. The van der Waals surface area contributed by atoms with Gasteiger partial charge in [0.2, 0.25) is 0 Å². The Kier molecular flexibility index (Phi) is 4.75. The van der Waals surface area contributed by atoms with Crippen molar-refractivity contribution in [2.75, 3.05) is 5.32 Å². The molecule has 3 aromatic rings. The first-order valence-corrected chi connectivity index (χ1v) is 8.39. The Bertz CT molecular complexity index is 1040. The zero-order valence-electron chi connectivity index (χ0n) is 15.2. The van der Waals surface area contributed by atoms with Crippen LogP contribution in [0.3, 0.4) is 0 Å². The third-order valence-corrected chi connectivity index (χ3v) is 4.18. The average molecular weight is 351 g/mol. The number of fused-ring (bicyclic) bond motifs is 1. The van der Waals surface area contributed by atoms with Crippen molar-refractivity contribution in [1.82, 2.24) is 9.38 Å². The lowest BCUT2D eigenvalue weighted by Crippen LogP contribution is -2.33. The topological polar surface area (TPSA) is 72.7 Å². The van der Waals surface area contributed by atoms with Gasteiger partial charge in [-0.15, -0.1) is 0 Å². The summed E-state index contributed by atoms with van der Waals surface area (Å²) in [6, 6.07) is 11.1. The first kappa shape index (κ1) is 17.7. The summed E-state index contributed by atoms with van der Waals surface area (Å²) in [5.41, 5.74) is 2.83. The van der Waals surface area contributed by atoms with Crippen LogP contribution in [0.15, 0.2) is 47.4 Å². The van der Waals surface area contributed by atoms with E-state index in [1.165, 1.54) is 4.40 Å². The minimum absolute atomic E-state index is 0.162. The summed E-state index contributed by atoms with van der Waals surface area (Å²) in [6.07, 6.45) is 0.862. The van der Waals surface area contributed by atoms with Crippen molar-refractivity contribution in [2.45, 2.75) is 33.8 Å². The van der Waals surface area contributed by atoms with E-state index >= 15 is 0 Å². The molecule has 2 heterocycles. The first-order valence-electron chi connectivity index (χ1n) is 8.39. The quantitative estimate of drug-likeness (QED) is 0.784. The molecule has 0 saturated carbocycles. The van der Waals surface area contributed by atoms with Crippen molar-refractivity contribution in [3.05, 3.63) is 69.8 Å². The number of nitrogens with one attached hydrogen (secondary N) is 1. The Hall–Kier alpha value is -3.15. The van der Waals surface area contributed by atoms with Crippen LogP contribution in [0.4, 0.5) is 5.69 Å². The lowest BCUT2D eigenvalue weighted by Gasteiger charge is -2.17. The standard InChI is InChI=1S/C20H21N3O3/c1-12-8-9-13(2)16(11-12)26-15(4)19(24)22-18-14(3)21-17-7-5-6-10-23(17)20(18)25/h5-11,15H,1-4H3,(H,22,24)/t15-/m1/s1. The predicted molar refractivity (Wildman–Crippen MR) is 101 cm³/mol. The number of benzene rings is 1. The number of pyridine rings is 1. The third-order valence-electron chi connectivity index (χ3n) is 4.18. The highest BCUT2D eigenvalue weighted by atomic mass is 16.5. The first-order chi connectivity index (χ1) is 12.4. The normalized spacial score (nSPS) is 12.0. The number of aromatic nitrogens is 2. The van der Waals surface area contributed by atoms with Crippen molar-refractivity contribution >= 4 is 17.2 Å². The number of nitrogens with zero attached hydrogens (tertiary/aromatic N) is 2. The van der Waals surface area contributed by atoms with Crippen LogP contribution in [0.2, 0.25) is 0 Å². The fraction of sp³-hybridized carbons (Fsp3) is 0.250. The molecule has 0 radical (unpaired) electrons. The monoisotopic (exact) mass is 351 g/mol. The molecule has 0 unspecified atom stereocenters. The molecule has 1 amide bonds. The molecular weight excluding hydrogens is 330 g/mol. The van der Waals surface area contributed by atoms with Crippen LogP contribution in [0.25, 0.3) is 5.65 Å². The van der Waals surface area contributed by atoms with E-state index in [4.69, 9.17) is 4.74 Å². The number of ether oxygens (including phenoxy) is 1. The zero-order chi connectivity index (χ0) is 18.8. The molecule has 0 fully saturated rings. The van der Waals surface area contributed by atoms with E-state index in [1.54, 1.807) is 38.2 Å². The summed E-state index contributed by atoms with van der Waals surface area (Å²) in [5.74, 6) is 0.251. The van der Waals surface area contributed by atoms with Crippen molar-refractivity contribution in [2.24, 2.45) is 0 Å². The van der Waals surface area contributed by atoms with Crippen LogP contribution in [0.1, 0.15) is 23.7 Å². The molecule has 3 rings (SSSR count). The van der Waals surface area contributed by atoms with E-state index in [0.717, 1.165) is 11.1 Å².